The van der Waals surface area contributed by atoms with Crippen LogP contribution in [0.3, 0.4) is 0 Å². The van der Waals surface area contributed by atoms with E-state index < -0.39 is 10.0 Å². The SMILES string of the molecule is CCOC(=O)C1CCN(C(=NC)NCCCN(CC)S(C)(=O)=O)CC1.I. The van der Waals surface area contributed by atoms with Crippen molar-refractivity contribution in [1.82, 2.24) is 14.5 Å². The van der Waals surface area contributed by atoms with Crippen molar-refractivity contribution < 1.29 is 17.9 Å². The molecule has 1 heterocycles. The van der Waals surface area contributed by atoms with Crippen molar-refractivity contribution in [2.24, 2.45) is 10.9 Å². The standard InChI is InChI=1S/C16H32N4O4S.HI/c1-5-20(25(4,22)23)11-7-10-18-16(17-3)19-12-8-14(9-13-19)15(21)24-6-2;/h14H,5-13H2,1-4H3,(H,17,18);1H. The van der Waals surface area contributed by atoms with Crippen molar-refractivity contribution in [3.05, 3.63) is 0 Å². The number of nitrogens with zero attached hydrogens (tertiary/aromatic N) is 3. The number of sulfonamides is 1. The largest absolute Gasteiger partial charge is 0.466 e. The van der Waals surface area contributed by atoms with Gasteiger partial charge in [0, 0.05) is 39.8 Å². The highest BCUT2D eigenvalue weighted by Gasteiger charge is 2.27. The zero-order chi connectivity index (χ0) is 18.9. The molecule has 0 radical (unpaired) electrons. The molecule has 0 amide bonds. The molecule has 0 atom stereocenters. The average Bonchev–Trinajstić information content (AvgIpc) is 2.57. The minimum atomic E-state index is -3.14. The van der Waals surface area contributed by atoms with E-state index >= 15 is 0 Å². The predicted octanol–water partition coefficient (Wildman–Crippen LogP) is 1.13. The van der Waals surface area contributed by atoms with Gasteiger partial charge in [-0.05, 0) is 26.2 Å². The Balaban J connectivity index is 0.00000625. The van der Waals surface area contributed by atoms with Crippen LogP contribution in [-0.2, 0) is 19.6 Å². The Morgan fingerprint density at radius 3 is 2.38 bits per heavy atom. The number of halogens is 1. The summed E-state index contributed by atoms with van der Waals surface area (Å²) in [5.74, 6) is 0.664. The lowest BCUT2D eigenvalue weighted by atomic mass is 9.97. The highest BCUT2D eigenvalue weighted by Crippen LogP contribution is 2.18. The molecule has 0 bridgehead atoms. The number of carbonyl (C=O) groups excluding carboxylic acids is 1. The second-order valence-electron chi connectivity index (χ2n) is 6.10. The van der Waals surface area contributed by atoms with Crippen LogP contribution < -0.4 is 5.32 Å². The smallest absolute Gasteiger partial charge is 0.309 e. The molecule has 154 valence electrons. The molecule has 1 N–H and O–H groups in total. The van der Waals surface area contributed by atoms with Gasteiger partial charge in [0.05, 0.1) is 18.8 Å². The zero-order valence-corrected chi connectivity index (χ0v) is 19.4. The Labute approximate surface area is 174 Å². The summed E-state index contributed by atoms with van der Waals surface area (Å²) in [6.45, 7) is 7.21. The van der Waals surface area contributed by atoms with E-state index in [0.717, 1.165) is 31.9 Å². The molecule has 0 aromatic heterocycles. The van der Waals surface area contributed by atoms with E-state index in [1.807, 2.05) is 13.8 Å². The topological polar surface area (TPSA) is 91.3 Å². The van der Waals surface area contributed by atoms with Gasteiger partial charge >= 0.3 is 5.97 Å². The first-order valence-electron chi connectivity index (χ1n) is 8.90. The van der Waals surface area contributed by atoms with Gasteiger partial charge in [0.15, 0.2) is 5.96 Å². The average molecular weight is 504 g/mol. The number of nitrogens with one attached hydrogen (secondary N) is 1. The van der Waals surface area contributed by atoms with Gasteiger partial charge in [-0.1, -0.05) is 6.92 Å². The van der Waals surface area contributed by atoms with Crippen molar-refractivity contribution in [1.29, 1.82) is 0 Å². The predicted molar refractivity (Wildman–Crippen MR) is 114 cm³/mol. The number of esters is 1. The van der Waals surface area contributed by atoms with Gasteiger partial charge < -0.3 is 15.0 Å². The summed E-state index contributed by atoms with van der Waals surface area (Å²) in [5.41, 5.74) is 0. The number of likely N-dealkylation sites (tertiary alicyclic amines) is 1. The lowest BCUT2D eigenvalue weighted by Gasteiger charge is -2.33. The van der Waals surface area contributed by atoms with Gasteiger partial charge in [-0.3, -0.25) is 9.79 Å². The lowest BCUT2D eigenvalue weighted by Crippen LogP contribution is -2.47. The third-order valence-corrected chi connectivity index (χ3v) is 5.69. The summed E-state index contributed by atoms with van der Waals surface area (Å²) in [6, 6.07) is 0. The van der Waals surface area contributed by atoms with Crippen LogP contribution in [0.2, 0.25) is 0 Å². The van der Waals surface area contributed by atoms with Crippen molar-refractivity contribution in [3.8, 4) is 0 Å². The van der Waals surface area contributed by atoms with Crippen LogP contribution in [-0.4, -0.2) is 82.2 Å². The Morgan fingerprint density at radius 1 is 1.31 bits per heavy atom. The number of hydrogen-bond donors (Lipinski definition) is 1. The molecule has 26 heavy (non-hydrogen) atoms. The fraction of sp³-hybridized carbons (Fsp3) is 0.875. The number of piperidine rings is 1. The van der Waals surface area contributed by atoms with Crippen molar-refractivity contribution in [2.45, 2.75) is 33.1 Å². The maximum absolute atomic E-state index is 11.8. The summed E-state index contributed by atoms with van der Waals surface area (Å²) in [7, 11) is -1.41. The first-order chi connectivity index (χ1) is 11.8. The molecule has 1 aliphatic heterocycles. The molecule has 8 nitrogen and oxygen atoms in total. The number of hydrogen-bond acceptors (Lipinski definition) is 5. The second-order valence-corrected chi connectivity index (χ2v) is 8.08. The molecule has 0 unspecified atom stereocenters. The van der Waals surface area contributed by atoms with E-state index in [1.165, 1.54) is 10.6 Å². The minimum absolute atomic E-state index is 0. The van der Waals surface area contributed by atoms with E-state index in [0.29, 0.717) is 32.7 Å². The molecule has 1 rings (SSSR count). The molecule has 0 aromatic carbocycles. The third kappa shape index (κ3) is 8.38. The summed E-state index contributed by atoms with van der Waals surface area (Å²) in [6.07, 6.45) is 3.46. The van der Waals surface area contributed by atoms with E-state index in [-0.39, 0.29) is 35.9 Å². The number of carbonyl (C=O) groups is 1. The van der Waals surface area contributed by atoms with Crippen LogP contribution >= 0.6 is 24.0 Å². The summed E-state index contributed by atoms with van der Waals surface area (Å²) in [4.78, 5) is 18.2. The van der Waals surface area contributed by atoms with Crippen LogP contribution in [0.4, 0.5) is 0 Å². The minimum Gasteiger partial charge on any atom is -0.466 e. The highest BCUT2D eigenvalue weighted by atomic mass is 127. The molecule has 0 spiro atoms. The molecule has 0 aliphatic carbocycles. The Kier molecular flexibility index (Phi) is 12.4. The van der Waals surface area contributed by atoms with Crippen LogP contribution in [0.25, 0.3) is 0 Å². The van der Waals surface area contributed by atoms with Crippen LogP contribution in [0.5, 0.6) is 0 Å². The molecule has 10 heteroatoms. The van der Waals surface area contributed by atoms with Gasteiger partial charge in [0.2, 0.25) is 10.0 Å². The van der Waals surface area contributed by atoms with E-state index in [9.17, 15) is 13.2 Å². The maximum Gasteiger partial charge on any atom is 0.309 e. The fourth-order valence-electron chi connectivity index (χ4n) is 2.93. The fourth-order valence-corrected chi connectivity index (χ4v) is 3.86. The highest BCUT2D eigenvalue weighted by molar-refractivity contribution is 14.0. The first kappa shape index (κ1) is 25.4. The second kappa shape index (κ2) is 12.7. The van der Waals surface area contributed by atoms with Crippen molar-refractivity contribution in [3.63, 3.8) is 0 Å². The number of guanidine groups is 1. The van der Waals surface area contributed by atoms with Crippen LogP contribution in [0, 0.1) is 5.92 Å². The number of aliphatic imine (C=N–C) groups is 1. The van der Waals surface area contributed by atoms with Gasteiger partial charge in [-0.25, -0.2) is 12.7 Å². The van der Waals surface area contributed by atoms with Crippen molar-refractivity contribution in [2.75, 3.05) is 52.6 Å². The van der Waals surface area contributed by atoms with Gasteiger partial charge in [-0.2, -0.15) is 0 Å². The molecular formula is C16H33IN4O4S. The monoisotopic (exact) mass is 504 g/mol. The number of rotatable bonds is 8. The number of ether oxygens (including phenoxy) is 1. The summed E-state index contributed by atoms with van der Waals surface area (Å²) in [5, 5.41) is 3.28. The summed E-state index contributed by atoms with van der Waals surface area (Å²) < 4.78 is 29.7. The normalized spacial score (nSPS) is 16.3. The Bertz CT molecular complexity index is 548. The maximum atomic E-state index is 11.8. The molecule has 0 saturated carbocycles. The van der Waals surface area contributed by atoms with E-state index in [2.05, 4.69) is 15.2 Å². The first-order valence-corrected chi connectivity index (χ1v) is 10.8. The van der Waals surface area contributed by atoms with Crippen molar-refractivity contribution >= 4 is 45.9 Å². The molecule has 1 fully saturated rings. The summed E-state index contributed by atoms with van der Waals surface area (Å²) >= 11 is 0. The molecule has 1 aliphatic rings. The van der Waals surface area contributed by atoms with Gasteiger partial charge in [0.1, 0.15) is 0 Å². The quantitative estimate of drug-likeness (QED) is 0.175. The van der Waals surface area contributed by atoms with Crippen LogP contribution in [0.15, 0.2) is 4.99 Å². The van der Waals surface area contributed by atoms with E-state index in [1.54, 1.807) is 7.05 Å². The van der Waals surface area contributed by atoms with E-state index in [4.69, 9.17) is 4.74 Å². The lowest BCUT2D eigenvalue weighted by molar-refractivity contribution is -0.149. The Morgan fingerprint density at radius 2 is 1.92 bits per heavy atom. The zero-order valence-electron chi connectivity index (χ0n) is 16.2. The third-order valence-electron chi connectivity index (χ3n) is 4.32. The molecule has 0 aromatic rings. The molecule has 1 saturated heterocycles. The Hall–Kier alpha value is -0.620. The van der Waals surface area contributed by atoms with Gasteiger partial charge in [-0.15, -0.1) is 24.0 Å². The van der Waals surface area contributed by atoms with Crippen LogP contribution in [0.1, 0.15) is 33.1 Å². The molecular weight excluding hydrogens is 471 g/mol. The van der Waals surface area contributed by atoms with Gasteiger partial charge in [0.25, 0.3) is 0 Å².